The molecule has 0 saturated carbocycles. The zero-order valence-electron chi connectivity index (χ0n) is 8.92. The minimum atomic E-state index is -0.981. The van der Waals surface area contributed by atoms with E-state index in [1.165, 1.54) is 0 Å². The van der Waals surface area contributed by atoms with Crippen LogP contribution in [0.2, 0.25) is 0 Å². The van der Waals surface area contributed by atoms with Crippen LogP contribution in [0.25, 0.3) is 0 Å². The molecule has 1 aliphatic rings. The lowest BCUT2D eigenvalue weighted by molar-refractivity contribution is -0.215. The van der Waals surface area contributed by atoms with Crippen molar-refractivity contribution in [3.8, 4) is 0 Å². The summed E-state index contributed by atoms with van der Waals surface area (Å²) in [5, 5.41) is 28.3. The molecule has 4 nitrogen and oxygen atoms in total. The maximum atomic E-state index is 9.73. The summed E-state index contributed by atoms with van der Waals surface area (Å²) in [6.45, 7) is 5.60. The highest BCUT2D eigenvalue weighted by molar-refractivity contribution is 4.90. The van der Waals surface area contributed by atoms with Gasteiger partial charge in [-0.25, -0.2) is 0 Å². The summed E-state index contributed by atoms with van der Waals surface area (Å²) in [6.07, 6.45) is -2.56. The van der Waals surface area contributed by atoms with Crippen LogP contribution in [0.3, 0.4) is 0 Å². The predicted molar refractivity (Wildman–Crippen MR) is 51.8 cm³/mol. The maximum absolute atomic E-state index is 9.73. The van der Waals surface area contributed by atoms with E-state index in [-0.39, 0.29) is 24.5 Å². The largest absolute Gasteiger partial charge is 0.394 e. The molecule has 14 heavy (non-hydrogen) atoms. The maximum Gasteiger partial charge on any atom is 0.109 e. The van der Waals surface area contributed by atoms with Crippen LogP contribution in [-0.4, -0.2) is 46.3 Å². The van der Waals surface area contributed by atoms with Crippen LogP contribution in [0.4, 0.5) is 0 Å². The number of aliphatic hydroxyl groups excluding tert-OH is 3. The Bertz CT molecular complexity index is 181. The van der Waals surface area contributed by atoms with Crippen LogP contribution in [0.1, 0.15) is 20.8 Å². The van der Waals surface area contributed by atoms with E-state index in [0.717, 1.165) is 0 Å². The van der Waals surface area contributed by atoms with Gasteiger partial charge in [-0.1, -0.05) is 20.8 Å². The minimum Gasteiger partial charge on any atom is -0.394 e. The second kappa shape index (κ2) is 4.57. The van der Waals surface area contributed by atoms with Crippen LogP contribution < -0.4 is 0 Å². The molecule has 1 rings (SSSR count). The molecule has 0 aromatic rings. The first-order valence-corrected chi connectivity index (χ1v) is 5.11. The zero-order valence-corrected chi connectivity index (χ0v) is 8.92. The molecule has 1 aliphatic heterocycles. The molecule has 0 aliphatic carbocycles. The lowest BCUT2D eigenvalue weighted by Crippen LogP contribution is -2.55. The fourth-order valence-electron chi connectivity index (χ4n) is 2.05. The van der Waals surface area contributed by atoms with E-state index in [2.05, 4.69) is 0 Å². The summed E-state index contributed by atoms with van der Waals surface area (Å²) >= 11 is 0. The first-order chi connectivity index (χ1) is 6.49. The van der Waals surface area contributed by atoms with Crippen LogP contribution in [0.15, 0.2) is 0 Å². The van der Waals surface area contributed by atoms with Crippen molar-refractivity contribution in [3.63, 3.8) is 0 Å². The Balaban J connectivity index is 2.73. The summed E-state index contributed by atoms with van der Waals surface area (Å²) < 4.78 is 5.53. The van der Waals surface area contributed by atoms with Gasteiger partial charge < -0.3 is 20.1 Å². The normalized spacial score (nSPS) is 44.4. The Hall–Kier alpha value is -0.160. The minimum absolute atomic E-state index is 0.104. The first-order valence-electron chi connectivity index (χ1n) is 5.11. The SMILES string of the molecule is CC(C)C1OC(CO)C(O)[C@H](O)[C@@H]1C. The molecule has 0 spiro atoms. The van der Waals surface area contributed by atoms with E-state index in [0.29, 0.717) is 0 Å². The van der Waals surface area contributed by atoms with Crippen molar-refractivity contribution in [2.75, 3.05) is 6.61 Å². The quantitative estimate of drug-likeness (QED) is 0.580. The second-order valence-corrected chi connectivity index (χ2v) is 4.41. The Kier molecular flexibility index (Phi) is 3.89. The van der Waals surface area contributed by atoms with Crippen molar-refractivity contribution in [2.24, 2.45) is 11.8 Å². The molecule has 1 heterocycles. The smallest absolute Gasteiger partial charge is 0.109 e. The average molecular weight is 204 g/mol. The molecule has 3 unspecified atom stereocenters. The van der Waals surface area contributed by atoms with Gasteiger partial charge in [0.2, 0.25) is 0 Å². The molecule has 0 amide bonds. The number of ether oxygens (including phenoxy) is 1. The average Bonchev–Trinajstić information content (AvgIpc) is 2.14. The standard InChI is InChI=1S/C10H20O4/c1-5(2)10-6(3)8(12)9(13)7(4-11)14-10/h5-13H,4H2,1-3H3/t6-,7?,8+,9?,10?/m0/s1. The molecule has 1 saturated heterocycles. The zero-order chi connectivity index (χ0) is 10.9. The Morgan fingerprint density at radius 3 is 2.21 bits per heavy atom. The Labute approximate surface area is 84.5 Å². The van der Waals surface area contributed by atoms with Crippen molar-refractivity contribution in [3.05, 3.63) is 0 Å². The third-order valence-electron chi connectivity index (χ3n) is 2.96. The van der Waals surface area contributed by atoms with Crippen molar-refractivity contribution < 1.29 is 20.1 Å². The number of rotatable bonds is 2. The van der Waals surface area contributed by atoms with Gasteiger partial charge in [-0.2, -0.15) is 0 Å². The number of aliphatic hydroxyl groups is 3. The van der Waals surface area contributed by atoms with E-state index in [4.69, 9.17) is 9.84 Å². The highest BCUT2D eigenvalue weighted by Gasteiger charge is 2.42. The fourth-order valence-corrected chi connectivity index (χ4v) is 2.05. The molecular weight excluding hydrogens is 184 g/mol. The number of hydrogen-bond acceptors (Lipinski definition) is 4. The Morgan fingerprint density at radius 2 is 1.79 bits per heavy atom. The molecule has 0 aromatic carbocycles. The van der Waals surface area contributed by atoms with Crippen molar-refractivity contribution >= 4 is 0 Å². The molecule has 0 aromatic heterocycles. The van der Waals surface area contributed by atoms with Gasteiger partial charge in [0.05, 0.1) is 18.8 Å². The molecule has 84 valence electrons. The van der Waals surface area contributed by atoms with Gasteiger partial charge >= 0.3 is 0 Å². The molecule has 4 heteroatoms. The van der Waals surface area contributed by atoms with Crippen molar-refractivity contribution in [1.29, 1.82) is 0 Å². The van der Waals surface area contributed by atoms with E-state index in [1.807, 2.05) is 20.8 Å². The summed E-state index contributed by atoms with van der Waals surface area (Å²) in [5.41, 5.74) is 0. The lowest BCUT2D eigenvalue weighted by atomic mass is 9.83. The van der Waals surface area contributed by atoms with Crippen LogP contribution in [-0.2, 0) is 4.74 Å². The molecule has 5 atom stereocenters. The van der Waals surface area contributed by atoms with Crippen LogP contribution >= 0.6 is 0 Å². The van der Waals surface area contributed by atoms with E-state index in [9.17, 15) is 10.2 Å². The van der Waals surface area contributed by atoms with Gasteiger partial charge in [0.15, 0.2) is 0 Å². The summed E-state index contributed by atoms with van der Waals surface area (Å²) in [4.78, 5) is 0. The highest BCUT2D eigenvalue weighted by atomic mass is 16.5. The fraction of sp³-hybridized carbons (Fsp3) is 1.00. The summed E-state index contributed by atoms with van der Waals surface area (Å²) in [6, 6.07) is 0. The molecule has 0 radical (unpaired) electrons. The Morgan fingerprint density at radius 1 is 1.21 bits per heavy atom. The van der Waals surface area contributed by atoms with Gasteiger partial charge in [-0.15, -0.1) is 0 Å². The van der Waals surface area contributed by atoms with Crippen molar-refractivity contribution in [1.82, 2.24) is 0 Å². The van der Waals surface area contributed by atoms with Crippen LogP contribution in [0.5, 0.6) is 0 Å². The van der Waals surface area contributed by atoms with E-state index < -0.39 is 18.3 Å². The summed E-state index contributed by atoms with van der Waals surface area (Å²) in [5.74, 6) is 0.161. The van der Waals surface area contributed by atoms with E-state index >= 15 is 0 Å². The third-order valence-corrected chi connectivity index (χ3v) is 2.96. The molecular formula is C10H20O4. The lowest BCUT2D eigenvalue weighted by Gasteiger charge is -2.42. The van der Waals surface area contributed by atoms with E-state index in [1.54, 1.807) is 0 Å². The molecule has 0 bridgehead atoms. The monoisotopic (exact) mass is 204 g/mol. The summed E-state index contributed by atoms with van der Waals surface area (Å²) in [7, 11) is 0. The van der Waals surface area contributed by atoms with Gasteiger partial charge in [0.1, 0.15) is 12.2 Å². The third kappa shape index (κ3) is 2.08. The van der Waals surface area contributed by atoms with Crippen LogP contribution in [0, 0.1) is 11.8 Å². The van der Waals surface area contributed by atoms with Gasteiger partial charge in [-0.05, 0) is 5.92 Å². The van der Waals surface area contributed by atoms with Gasteiger partial charge in [0, 0.05) is 5.92 Å². The molecule has 3 N–H and O–H groups in total. The first kappa shape index (κ1) is 11.9. The number of hydrogen-bond donors (Lipinski definition) is 3. The predicted octanol–water partition coefficient (Wildman–Crippen LogP) is -0.240. The van der Waals surface area contributed by atoms with Gasteiger partial charge in [-0.3, -0.25) is 0 Å². The second-order valence-electron chi connectivity index (χ2n) is 4.41. The van der Waals surface area contributed by atoms with Crippen molar-refractivity contribution in [2.45, 2.75) is 45.2 Å². The van der Waals surface area contributed by atoms with Gasteiger partial charge in [0.25, 0.3) is 0 Å². The molecule has 1 fully saturated rings. The highest BCUT2D eigenvalue weighted by Crippen LogP contribution is 2.29. The topological polar surface area (TPSA) is 69.9 Å².